The van der Waals surface area contributed by atoms with Crippen LogP contribution >= 0.6 is 11.6 Å². The van der Waals surface area contributed by atoms with Crippen LogP contribution in [-0.4, -0.2) is 30.9 Å². The molecule has 0 amide bonds. The number of esters is 1. The van der Waals surface area contributed by atoms with Gasteiger partial charge in [0.25, 0.3) is 0 Å². The lowest BCUT2D eigenvalue weighted by Gasteiger charge is -2.26. The Labute approximate surface area is 168 Å². The Bertz CT molecular complexity index is 969. The van der Waals surface area contributed by atoms with Gasteiger partial charge in [0.1, 0.15) is 22.6 Å². The van der Waals surface area contributed by atoms with Crippen molar-refractivity contribution in [1.82, 2.24) is 19.3 Å². The summed E-state index contributed by atoms with van der Waals surface area (Å²) >= 11 is 6.05. The fourth-order valence-corrected chi connectivity index (χ4v) is 4.03. The second kappa shape index (κ2) is 6.72. The maximum atomic E-state index is 13.1. The third kappa shape index (κ3) is 3.60. The van der Waals surface area contributed by atoms with Crippen LogP contribution in [-0.2, 0) is 27.9 Å². The molecule has 0 saturated heterocycles. The summed E-state index contributed by atoms with van der Waals surface area (Å²) in [5.74, 6) is 0.287. The van der Waals surface area contributed by atoms with Gasteiger partial charge in [0, 0.05) is 11.8 Å². The highest BCUT2D eigenvalue weighted by Gasteiger charge is 2.47. The molecular weight excluding hydrogens is 380 g/mol. The van der Waals surface area contributed by atoms with E-state index in [-0.39, 0.29) is 17.1 Å². The summed E-state index contributed by atoms with van der Waals surface area (Å²) in [5, 5.41) is 5.00. The molecule has 2 aromatic rings. The van der Waals surface area contributed by atoms with Crippen molar-refractivity contribution in [2.45, 2.75) is 76.5 Å². The zero-order valence-corrected chi connectivity index (χ0v) is 17.2. The van der Waals surface area contributed by atoms with Crippen LogP contribution in [0.4, 0.5) is 0 Å². The number of ether oxygens (including phenoxy) is 1. The molecule has 7 nitrogen and oxygen atoms in total. The SMILES string of the molecule is CC(C)(C)OC(=O)[C@@H]1CCCc2nn(CC3(c4cccc(Cl)n4)CC3)c(=O)n21. The lowest BCUT2D eigenvalue weighted by Crippen LogP contribution is -2.38. The topological polar surface area (TPSA) is 79.0 Å². The first-order chi connectivity index (χ1) is 13.2. The Morgan fingerprint density at radius 1 is 1.36 bits per heavy atom. The molecule has 8 heteroatoms. The van der Waals surface area contributed by atoms with E-state index >= 15 is 0 Å². The first-order valence-corrected chi connectivity index (χ1v) is 10.1. The Morgan fingerprint density at radius 2 is 2.11 bits per heavy atom. The van der Waals surface area contributed by atoms with Gasteiger partial charge in [0.05, 0.1) is 12.2 Å². The zero-order valence-electron chi connectivity index (χ0n) is 16.4. The van der Waals surface area contributed by atoms with Crippen LogP contribution in [0.25, 0.3) is 0 Å². The van der Waals surface area contributed by atoms with E-state index in [1.54, 1.807) is 6.07 Å². The number of fused-ring (bicyclic) bond motifs is 1. The molecule has 1 fully saturated rings. The molecule has 0 aromatic carbocycles. The molecule has 0 unspecified atom stereocenters. The molecule has 0 radical (unpaired) electrons. The number of hydrogen-bond acceptors (Lipinski definition) is 5. The third-order valence-electron chi connectivity index (χ3n) is 5.37. The first kappa shape index (κ1) is 19.2. The van der Waals surface area contributed by atoms with Crippen LogP contribution in [0.5, 0.6) is 0 Å². The summed E-state index contributed by atoms with van der Waals surface area (Å²) in [4.78, 5) is 30.2. The molecule has 0 bridgehead atoms. The average molecular weight is 405 g/mol. The summed E-state index contributed by atoms with van der Waals surface area (Å²) in [6.45, 7) is 5.93. The van der Waals surface area contributed by atoms with Crippen molar-refractivity contribution in [2.24, 2.45) is 0 Å². The van der Waals surface area contributed by atoms with E-state index in [1.165, 1.54) is 9.25 Å². The smallest absolute Gasteiger partial charge is 0.346 e. The number of aromatic nitrogens is 4. The first-order valence-electron chi connectivity index (χ1n) is 9.73. The summed E-state index contributed by atoms with van der Waals surface area (Å²) in [5.41, 5.74) is -0.161. The van der Waals surface area contributed by atoms with E-state index in [4.69, 9.17) is 16.3 Å². The van der Waals surface area contributed by atoms with Gasteiger partial charge in [-0.2, -0.15) is 5.10 Å². The number of pyridine rings is 1. The largest absolute Gasteiger partial charge is 0.458 e. The predicted molar refractivity (Wildman–Crippen MR) is 104 cm³/mol. The van der Waals surface area contributed by atoms with Gasteiger partial charge in [-0.1, -0.05) is 17.7 Å². The highest BCUT2D eigenvalue weighted by molar-refractivity contribution is 6.29. The molecule has 150 valence electrons. The van der Waals surface area contributed by atoms with Crippen molar-refractivity contribution < 1.29 is 9.53 Å². The minimum atomic E-state index is -0.608. The Hall–Kier alpha value is -2.15. The molecule has 0 N–H and O–H groups in total. The van der Waals surface area contributed by atoms with Gasteiger partial charge in [-0.3, -0.25) is 4.57 Å². The van der Waals surface area contributed by atoms with E-state index in [1.807, 2.05) is 32.9 Å². The Kier molecular flexibility index (Phi) is 4.61. The lowest BCUT2D eigenvalue weighted by molar-refractivity contribution is -0.159. The molecule has 1 atom stereocenters. The van der Waals surface area contributed by atoms with Crippen molar-refractivity contribution in [3.05, 3.63) is 45.4 Å². The van der Waals surface area contributed by atoms with Crippen LogP contribution in [0.3, 0.4) is 0 Å². The standard InChI is InChI=1S/C20H25ClN4O3/c1-19(2,3)28-17(26)13-6-4-9-16-23-24(18(27)25(13)16)12-20(10-11-20)14-7-5-8-15(21)22-14/h5,7-8,13H,4,6,9-12H2,1-3H3/t13-/m0/s1. The van der Waals surface area contributed by atoms with Gasteiger partial charge in [-0.15, -0.1) is 0 Å². The molecule has 1 aliphatic carbocycles. The molecule has 3 heterocycles. The maximum Gasteiger partial charge on any atom is 0.346 e. The second-order valence-electron chi connectivity index (χ2n) is 8.79. The van der Waals surface area contributed by atoms with Crippen LogP contribution < -0.4 is 5.69 Å². The van der Waals surface area contributed by atoms with E-state index < -0.39 is 11.6 Å². The van der Waals surface area contributed by atoms with Crippen LogP contribution in [0.2, 0.25) is 5.15 Å². The minimum absolute atomic E-state index is 0.208. The lowest BCUT2D eigenvalue weighted by atomic mass is 10.0. The van der Waals surface area contributed by atoms with E-state index in [2.05, 4.69) is 10.1 Å². The normalized spacial score (nSPS) is 20.5. The summed E-state index contributed by atoms with van der Waals surface area (Å²) in [6, 6.07) is 4.96. The molecular formula is C20H25ClN4O3. The fourth-order valence-electron chi connectivity index (χ4n) is 3.86. The van der Waals surface area contributed by atoms with E-state index in [9.17, 15) is 9.59 Å². The molecule has 1 saturated carbocycles. The molecule has 2 aliphatic rings. The molecule has 0 spiro atoms. The predicted octanol–water partition coefficient (Wildman–Crippen LogP) is 3.04. The van der Waals surface area contributed by atoms with Gasteiger partial charge in [0.2, 0.25) is 0 Å². The highest BCUT2D eigenvalue weighted by Crippen LogP contribution is 2.48. The summed E-state index contributed by atoms with van der Waals surface area (Å²) in [6.07, 6.45) is 3.95. The Balaban J connectivity index is 1.63. The number of aryl methyl sites for hydroxylation is 1. The molecule has 1 aliphatic heterocycles. The number of rotatable bonds is 4. The van der Waals surface area contributed by atoms with Gasteiger partial charge in [-0.05, 0) is 58.6 Å². The molecule has 2 aromatic heterocycles. The van der Waals surface area contributed by atoms with Gasteiger partial charge in [-0.25, -0.2) is 19.3 Å². The van der Waals surface area contributed by atoms with Crippen molar-refractivity contribution in [1.29, 1.82) is 0 Å². The van der Waals surface area contributed by atoms with Crippen LogP contribution in [0.1, 0.15) is 64.0 Å². The highest BCUT2D eigenvalue weighted by atomic mass is 35.5. The van der Waals surface area contributed by atoms with Crippen molar-refractivity contribution in [2.75, 3.05) is 0 Å². The van der Waals surface area contributed by atoms with Crippen molar-refractivity contribution >= 4 is 17.6 Å². The number of carbonyl (C=O) groups is 1. The van der Waals surface area contributed by atoms with E-state index in [0.29, 0.717) is 30.4 Å². The average Bonchev–Trinajstić information content (AvgIpc) is 3.33. The molecule has 4 rings (SSSR count). The number of hydrogen-bond donors (Lipinski definition) is 0. The number of carbonyl (C=O) groups excluding carboxylic acids is 1. The van der Waals surface area contributed by atoms with Crippen LogP contribution in [0.15, 0.2) is 23.0 Å². The number of nitrogens with zero attached hydrogens (tertiary/aromatic N) is 4. The minimum Gasteiger partial charge on any atom is -0.458 e. The van der Waals surface area contributed by atoms with Crippen molar-refractivity contribution in [3.8, 4) is 0 Å². The summed E-state index contributed by atoms with van der Waals surface area (Å²) < 4.78 is 8.55. The second-order valence-corrected chi connectivity index (χ2v) is 9.18. The quantitative estimate of drug-likeness (QED) is 0.578. The Morgan fingerprint density at radius 3 is 2.75 bits per heavy atom. The van der Waals surface area contributed by atoms with Gasteiger partial charge < -0.3 is 4.74 Å². The monoisotopic (exact) mass is 404 g/mol. The summed E-state index contributed by atoms with van der Waals surface area (Å²) in [7, 11) is 0. The van der Waals surface area contributed by atoms with Gasteiger partial charge in [0.15, 0.2) is 0 Å². The van der Waals surface area contributed by atoms with Crippen molar-refractivity contribution in [3.63, 3.8) is 0 Å². The molecule has 28 heavy (non-hydrogen) atoms. The third-order valence-corrected chi connectivity index (χ3v) is 5.58. The van der Waals surface area contributed by atoms with Gasteiger partial charge >= 0.3 is 11.7 Å². The zero-order chi connectivity index (χ0) is 20.1. The maximum absolute atomic E-state index is 13.1. The van der Waals surface area contributed by atoms with Crippen LogP contribution in [0, 0.1) is 0 Å². The van der Waals surface area contributed by atoms with E-state index in [0.717, 1.165) is 25.0 Å². The number of halogens is 1. The fraction of sp³-hybridized carbons (Fsp3) is 0.600.